The van der Waals surface area contributed by atoms with E-state index in [0.717, 1.165) is 39.2 Å². The highest BCUT2D eigenvalue weighted by Gasteiger charge is 2.40. The van der Waals surface area contributed by atoms with Gasteiger partial charge < -0.3 is 4.57 Å². The zero-order valence-corrected chi connectivity index (χ0v) is 28.3. The molecule has 0 unspecified atom stereocenters. The molecule has 10 aromatic rings. The first kappa shape index (κ1) is 28.3. The minimum atomic E-state index is -0.340. The topological polar surface area (TPSA) is 35.6 Å². The van der Waals surface area contributed by atoms with Crippen LogP contribution in [0.2, 0.25) is 0 Å². The maximum absolute atomic E-state index is 5.60. The zero-order valence-electron chi connectivity index (χ0n) is 28.3. The van der Waals surface area contributed by atoms with Crippen LogP contribution in [-0.2, 0) is 5.41 Å². The third-order valence-electron chi connectivity index (χ3n) is 11.1. The molecule has 0 radical (unpaired) electrons. The predicted octanol–water partition coefficient (Wildman–Crippen LogP) is 11.8. The van der Waals surface area contributed by atoms with Gasteiger partial charge >= 0.3 is 0 Å². The molecule has 4 nitrogen and oxygen atoms in total. The number of aromatic nitrogens is 4. The van der Waals surface area contributed by atoms with Crippen molar-refractivity contribution in [3.63, 3.8) is 0 Å². The van der Waals surface area contributed by atoms with Gasteiger partial charge in [0.15, 0.2) is 0 Å². The number of hydrogen-bond donors (Lipinski definition) is 0. The van der Waals surface area contributed by atoms with E-state index in [1.165, 1.54) is 54.5 Å². The van der Waals surface area contributed by atoms with Gasteiger partial charge in [-0.3, -0.25) is 4.57 Å². The lowest BCUT2D eigenvalue weighted by Gasteiger charge is -2.22. The number of para-hydroxylation sites is 4. The Bertz CT molecular complexity index is 3000. The van der Waals surface area contributed by atoms with Gasteiger partial charge in [-0.25, -0.2) is 9.97 Å². The SMILES string of the molecule is CC1(C)c2cc3ccccc3cc2-c2c(-c3ccc4c(c3)c3ccccc3n4-c3ccccc3)nc(-n3c4ccccc4c4ccccc43)nc21. The maximum Gasteiger partial charge on any atom is 0.235 e. The number of nitrogens with zero attached hydrogens (tertiary/aromatic N) is 4. The zero-order chi connectivity index (χ0) is 33.8. The Labute approximate surface area is 294 Å². The molecule has 0 amide bonds. The molecule has 51 heavy (non-hydrogen) atoms. The second-order valence-electron chi connectivity index (χ2n) is 14.3. The van der Waals surface area contributed by atoms with Crippen molar-refractivity contribution >= 4 is 54.4 Å². The molecule has 0 fully saturated rings. The standard InChI is InChI=1S/C47H32N4/c1-47(2)38-28-30-15-7-6-14-29(30)26-37(38)43-44(48-46(49-45(43)47)51-40-22-12-8-18-33(40)34-19-9-13-23-41(34)51)31-24-25-42-36(27-31)35-20-10-11-21-39(35)50(42)32-16-4-3-5-17-32/h3-28H,1-2H3. The summed E-state index contributed by atoms with van der Waals surface area (Å²) in [7, 11) is 0. The van der Waals surface area contributed by atoms with Crippen LogP contribution in [0.3, 0.4) is 0 Å². The van der Waals surface area contributed by atoms with E-state index in [2.05, 4.69) is 181 Å². The van der Waals surface area contributed by atoms with Crippen LogP contribution >= 0.6 is 0 Å². The summed E-state index contributed by atoms with van der Waals surface area (Å²) in [6, 6.07) is 56.8. The van der Waals surface area contributed by atoms with Crippen molar-refractivity contribution < 1.29 is 0 Å². The molecular formula is C47H32N4. The Hall–Kier alpha value is -6.52. The van der Waals surface area contributed by atoms with Crippen LogP contribution in [0.4, 0.5) is 0 Å². The molecule has 3 heterocycles. The fraction of sp³-hybridized carbons (Fsp3) is 0.0638. The minimum Gasteiger partial charge on any atom is -0.309 e. The number of rotatable bonds is 3. The summed E-state index contributed by atoms with van der Waals surface area (Å²) >= 11 is 0. The van der Waals surface area contributed by atoms with E-state index >= 15 is 0 Å². The van der Waals surface area contributed by atoms with E-state index in [4.69, 9.17) is 9.97 Å². The molecule has 1 aliphatic rings. The highest BCUT2D eigenvalue weighted by atomic mass is 15.2. The van der Waals surface area contributed by atoms with Gasteiger partial charge in [0.2, 0.25) is 5.95 Å². The van der Waals surface area contributed by atoms with Crippen LogP contribution < -0.4 is 0 Å². The molecule has 0 bridgehead atoms. The van der Waals surface area contributed by atoms with E-state index < -0.39 is 0 Å². The molecule has 0 saturated carbocycles. The third kappa shape index (κ3) is 3.90. The van der Waals surface area contributed by atoms with Crippen molar-refractivity contribution in [2.45, 2.75) is 19.3 Å². The normalized spacial score (nSPS) is 13.5. The monoisotopic (exact) mass is 652 g/mol. The van der Waals surface area contributed by atoms with Crippen molar-refractivity contribution in [3.05, 3.63) is 169 Å². The molecule has 0 atom stereocenters. The van der Waals surface area contributed by atoms with Crippen LogP contribution in [0.1, 0.15) is 25.1 Å². The summed E-state index contributed by atoms with van der Waals surface area (Å²) in [6.07, 6.45) is 0. The molecule has 11 rings (SSSR count). The summed E-state index contributed by atoms with van der Waals surface area (Å²) in [6.45, 7) is 4.63. The Morgan fingerprint density at radius 1 is 0.471 bits per heavy atom. The molecule has 0 N–H and O–H groups in total. The van der Waals surface area contributed by atoms with E-state index in [1.807, 2.05) is 0 Å². The summed E-state index contributed by atoms with van der Waals surface area (Å²) in [5, 5.41) is 7.28. The molecule has 0 saturated heterocycles. The minimum absolute atomic E-state index is 0.340. The van der Waals surface area contributed by atoms with Crippen molar-refractivity contribution in [1.29, 1.82) is 0 Å². The molecule has 7 aromatic carbocycles. The molecule has 0 aliphatic heterocycles. The average Bonchev–Trinajstić information content (AvgIpc) is 3.77. The van der Waals surface area contributed by atoms with Gasteiger partial charge in [0.05, 0.1) is 33.5 Å². The van der Waals surface area contributed by atoms with Gasteiger partial charge in [0.25, 0.3) is 0 Å². The lowest BCUT2D eigenvalue weighted by molar-refractivity contribution is 0.633. The van der Waals surface area contributed by atoms with Crippen molar-refractivity contribution in [2.24, 2.45) is 0 Å². The molecular weight excluding hydrogens is 621 g/mol. The average molecular weight is 653 g/mol. The van der Waals surface area contributed by atoms with E-state index in [0.29, 0.717) is 5.95 Å². The Morgan fingerprint density at radius 3 is 1.71 bits per heavy atom. The molecule has 0 spiro atoms. The quantitative estimate of drug-likeness (QED) is 0.190. The van der Waals surface area contributed by atoms with Gasteiger partial charge in [-0.05, 0) is 76.5 Å². The van der Waals surface area contributed by atoms with E-state index in [-0.39, 0.29) is 5.41 Å². The smallest absolute Gasteiger partial charge is 0.235 e. The lowest BCUT2D eigenvalue weighted by atomic mass is 9.84. The van der Waals surface area contributed by atoms with Crippen molar-refractivity contribution in [1.82, 2.24) is 19.1 Å². The number of hydrogen-bond acceptors (Lipinski definition) is 2. The van der Waals surface area contributed by atoms with Crippen LogP contribution in [-0.4, -0.2) is 19.1 Å². The fourth-order valence-electron chi connectivity index (χ4n) is 8.67. The van der Waals surface area contributed by atoms with Gasteiger partial charge in [0, 0.05) is 43.8 Å². The summed E-state index contributed by atoms with van der Waals surface area (Å²) in [5.74, 6) is 0.693. The Morgan fingerprint density at radius 2 is 1.02 bits per heavy atom. The van der Waals surface area contributed by atoms with Crippen molar-refractivity contribution in [2.75, 3.05) is 0 Å². The fourth-order valence-corrected chi connectivity index (χ4v) is 8.67. The summed E-state index contributed by atoms with van der Waals surface area (Å²) in [4.78, 5) is 11.1. The Balaban J connectivity index is 1.26. The Kier molecular flexibility index (Phi) is 5.70. The van der Waals surface area contributed by atoms with E-state index in [9.17, 15) is 0 Å². The van der Waals surface area contributed by atoms with Crippen LogP contribution in [0, 0.1) is 0 Å². The lowest BCUT2D eigenvalue weighted by Crippen LogP contribution is -2.18. The van der Waals surface area contributed by atoms with Gasteiger partial charge in [-0.2, -0.15) is 0 Å². The second kappa shape index (κ2) is 10.3. The van der Waals surface area contributed by atoms with Crippen LogP contribution in [0.15, 0.2) is 158 Å². The van der Waals surface area contributed by atoms with Gasteiger partial charge in [0.1, 0.15) is 0 Å². The molecule has 240 valence electrons. The van der Waals surface area contributed by atoms with Crippen molar-refractivity contribution in [3.8, 4) is 34.0 Å². The second-order valence-corrected chi connectivity index (χ2v) is 14.3. The number of benzene rings is 7. The highest BCUT2D eigenvalue weighted by molar-refractivity contribution is 6.11. The third-order valence-corrected chi connectivity index (χ3v) is 11.1. The first-order valence-electron chi connectivity index (χ1n) is 17.6. The molecule has 4 heteroatoms. The van der Waals surface area contributed by atoms with Gasteiger partial charge in [-0.15, -0.1) is 0 Å². The van der Waals surface area contributed by atoms with Crippen LogP contribution in [0.5, 0.6) is 0 Å². The largest absolute Gasteiger partial charge is 0.309 e. The molecule has 1 aliphatic carbocycles. The first-order chi connectivity index (χ1) is 25.1. The maximum atomic E-state index is 5.60. The van der Waals surface area contributed by atoms with Crippen LogP contribution in [0.25, 0.3) is 88.4 Å². The predicted molar refractivity (Wildman–Crippen MR) is 211 cm³/mol. The summed E-state index contributed by atoms with van der Waals surface area (Å²) in [5.41, 5.74) is 12.1. The first-order valence-corrected chi connectivity index (χ1v) is 17.6. The number of fused-ring (bicyclic) bond motifs is 10. The van der Waals surface area contributed by atoms with Gasteiger partial charge in [-0.1, -0.05) is 117 Å². The highest BCUT2D eigenvalue weighted by Crippen LogP contribution is 2.52. The van der Waals surface area contributed by atoms with E-state index in [1.54, 1.807) is 0 Å². The summed E-state index contributed by atoms with van der Waals surface area (Å²) < 4.78 is 4.62. The molecule has 3 aromatic heterocycles.